The largest absolute Gasteiger partial charge is 0.497 e. The van der Waals surface area contributed by atoms with Crippen LogP contribution in [0.5, 0.6) is 5.75 Å². The Bertz CT molecular complexity index is 577. The second-order valence-electron chi connectivity index (χ2n) is 6.47. The number of Topliss-reactive ketones (excluding diaryl/α,β-unsaturated/α-hetero) is 1. The van der Waals surface area contributed by atoms with E-state index in [1.807, 2.05) is 0 Å². The predicted molar refractivity (Wildman–Crippen MR) is 82.1 cm³/mol. The second kappa shape index (κ2) is 5.63. The Balaban J connectivity index is 1.76. The molecule has 1 spiro atoms. The lowest BCUT2D eigenvalue weighted by Gasteiger charge is -2.32. The summed E-state index contributed by atoms with van der Waals surface area (Å²) in [7, 11) is 1.58. The molecule has 0 saturated heterocycles. The maximum atomic E-state index is 12.2. The average molecular weight is 303 g/mol. The van der Waals surface area contributed by atoms with E-state index in [2.05, 4.69) is 5.32 Å². The van der Waals surface area contributed by atoms with Crippen molar-refractivity contribution in [3.05, 3.63) is 24.3 Å². The first kappa shape index (κ1) is 14.9. The Morgan fingerprint density at radius 1 is 1.32 bits per heavy atom. The van der Waals surface area contributed by atoms with E-state index in [0.717, 1.165) is 19.3 Å². The van der Waals surface area contributed by atoms with Crippen molar-refractivity contribution in [3.63, 3.8) is 0 Å². The summed E-state index contributed by atoms with van der Waals surface area (Å²) in [5.74, 6) is -0.614. The number of carbonyl (C=O) groups is 2. The quantitative estimate of drug-likeness (QED) is 0.874. The zero-order valence-electron chi connectivity index (χ0n) is 12.7. The summed E-state index contributed by atoms with van der Waals surface area (Å²) in [5, 5.41) is 12.6. The molecule has 2 aliphatic rings. The third-order valence-corrected chi connectivity index (χ3v) is 5.01. The summed E-state index contributed by atoms with van der Waals surface area (Å²) in [5.41, 5.74) is 0.935. The minimum absolute atomic E-state index is 0.0749. The molecule has 2 atom stereocenters. The monoisotopic (exact) mass is 303 g/mol. The first-order chi connectivity index (χ1) is 10.5. The molecule has 0 bridgehead atoms. The number of rotatable bonds is 5. The summed E-state index contributed by atoms with van der Waals surface area (Å²) >= 11 is 0. The van der Waals surface area contributed by atoms with Gasteiger partial charge in [0, 0.05) is 18.0 Å². The van der Waals surface area contributed by atoms with Gasteiger partial charge in [-0.2, -0.15) is 0 Å². The molecular weight excluding hydrogens is 282 g/mol. The number of carbonyl (C=O) groups excluding carboxylic acids is 1. The minimum Gasteiger partial charge on any atom is -0.497 e. The van der Waals surface area contributed by atoms with Crippen LogP contribution >= 0.6 is 0 Å². The Morgan fingerprint density at radius 2 is 2.00 bits per heavy atom. The van der Waals surface area contributed by atoms with Gasteiger partial charge in [0.15, 0.2) is 0 Å². The molecule has 0 radical (unpaired) electrons. The maximum Gasteiger partial charge on any atom is 0.326 e. The summed E-state index contributed by atoms with van der Waals surface area (Å²) in [4.78, 5) is 23.9. The average Bonchev–Trinajstić information content (AvgIpc) is 3.27. The van der Waals surface area contributed by atoms with Crippen LogP contribution in [0.2, 0.25) is 0 Å². The number of carboxylic acid groups (broad SMARTS) is 1. The summed E-state index contributed by atoms with van der Waals surface area (Å²) in [6.45, 7) is 0. The van der Waals surface area contributed by atoms with Crippen LogP contribution in [0.25, 0.3) is 0 Å². The summed E-state index contributed by atoms with van der Waals surface area (Å²) in [6, 6.07) is 6.22. The number of methoxy groups -OCH3 is 1. The second-order valence-corrected chi connectivity index (χ2v) is 6.47. The number of ether oxygens (including phenoxy) is 1. The van der Waals surface area contributed by atoms with E-state index < -0.39 is 17.9 Å². The van der Waals surface area contributed by atoms with Crippen molar-refractivity contribution in [1.82, 2.24) is 0 Å². The molecule has 5 heteroatoms. The van der Waals surface area contributed by atoms with Gasteiger partial charge in [-0.25, -0.2) is 4.79 Å². The molecule has 2 N–H and O–H groups in total. The molecule has 1 unspecified atom stereocenters. The maximum absolute atomic E-state index is 12.2. The highest BCUT2D eigenvalue weighted by molar-refractivity contribution is 5.90. The van der Waals surface area contributed by atoms with Crippen molar-refractivity contribution in [2.45, 2.75) is 38.1 Å². The molecule has 5 nitrogen and oxygen atoms in total. The van der Waals surface area contributed by atoms with Crippen LogP contribution in [0.3, 0.4) is 0 Å². The van der Waals surface area contributed by atoms with Crippen molar-refractivity contribution in [1.29, 1.82) is 0 Å². The van der Waals surface area contributed by atoms with Gasteiger partial charge < -0.3 is 15.2 Å². The molecule has 118 valence electrons. The van der Waals surface area contributed by atoms with Crippen LogP contribution in [0.15, 0.2) is 24.3 Å². The number of hydrogen-bond donors (Lipinski definition) is 2. The number of aliphatic carboxylic acids is 1. The lowest BCUT2D eigenvalue weighted by molar-refractivity contribution is -0.143. The Kier molecular flexibility index (Phi) is 3.81. The van der Waals surface area contributed by atoms with Crippen molar-refractivity contribution >= 4 is 17.4 Å². The van der Waals surface area contributed by atoms with Crippen molar-refractivity contribution in [3.8, 4) is 5.75 Å². The number of carboxylic acids is 1. The topological polar surface area (TPSA) is 75.6 Å². The fourth-order valence-corrected chi connectivity index (χ4v) is 3.39. The highest BCUT2D eigenvalue weighted by atomic mass is 16.5. The normalized spacial score (nSPS) is 23.9. The van der Waals surface area contributed by atoms with E-state index in [4.69, 9.17) is 4.74 Å². The Morgan fingerprint density at radius 3 is 2.55 bits per heavy atom. The number of benzene rings is 1. The standard InChI is InChI=1S/C17H21NO4/c1-22-12-4-2-11(3-5-12)18-15(16(20)21)13-10-17(8-9-17)7-6-14(13)19/h2-5,13,15,18H,6-10H2,1H3,(H,20,21)/t13-,15?/m1/s1. The molecule has 1 aromatic carbocycles. The van der Waals surface area contributed by atoms with Crippen molar-refractivity contribution < 1.29 is 19.4 Å². The molecule has 0 aliphatic heterocycles. The van der Waals surface area contributed by atoms with Crippen LogP contribution in [0.1, 0.15) is 32.1 Å². The molecule has 2 fully saturated rings. The van der Waals surface area contributed by atoms with Crippen LogP contribution in [0, 0.1) is 11.3 Å². The van der Waals surface area contributed by atoms with Gasteiger partial charge in [-0.3, -0.25) is 4.79 Å². The van der Waals surface area contributed by atoms with Crippen LogP contribution < -0.4 is 10.1 Å². The molecule has 2 aliphatic carbocycles. The molecule has 3 rings (SSSR count). The smallest absolute Gasteiger partial charge is 0.326 e. The van der Waals surface area contributed by atoms with Crippen molar-refractivity contribution in [2.75, 3.05) is 12.4 Å². The van der Waals surface area contributed by atoms with E-state index in [9.17, 15) is 14.7 Å². The fourth-order valence-electron chi connectivity index (χ4n) is 3.39. The van der Waals surface area contributed by atoms with Gasteiger partial charge in [-0.1, -0.05) is 0 Å². The van der Waals surface area contributed by atoms with Crippen molar-refractivity contribution in [2.24, 2.45) is 11.3 Å². The molecule has 2 saturated carbocycles. The first-order valence-corrected chi connectivity index (χ1v) is 7.69. The van der Waals surface area contributed by atoms with Gasteiger partial charge in [0.1, 0.15) is 17.6 Å². The third-order valence-electron chi connectivity index (χ3n) is 5.01. The van der Waals surface area contributed by atoms with Gasteiger partial charge in [0.2, 0.25) is 0 Å². The van der Waals surface area contributed by atoms with E-state index in [0.29, 0.717) is 24.3 Å². The zero-order chi connectivity index (χ0) is 15.7. The zero-order valence-corrected chi connectivity index (χ0v) is 12.7. The molecule has 0 heterocycles. The highest BCUT2D eigenvalue weighted by Gasteiger charge is 2.51. The van der Waals surface area contributed by atoms with Gasteiger partial charge in [-0.05, 0) is 55.4 Å². The minimum atomic E-state index is -0.966. The summed E-state index contributed by atoms with van der Waals surface area (Å²) < 4.78 is 5.09. The van der Waals surface area contributed by atoms with Gasteiger partial charge in [0.05, 0.1) is 7.11 Å². The highest BCUT2D eigenvalue weighted by Crippen LogP contribution is 2.57. The van der Waals surface area contributed by atoms with Crippen LogP contribution in [-0.2, 0) is 9.59 Å². The molecular formula is C17H21NO4. The predicted octanol–water partition coefficient (Wildman–Crippen LogP) is 2.71. The lowest BCUT2D eigenvalue weighted by atomic mass is 9.75. The number of anilines is 1. The Hall–Kier alpha value is -2.04. The van der Waals surface area contributed by atoms with E-state index in [-0.39, 0.29) is 11.2 Å². The van der Waals surface area contributed by atoms with Gasteiger partial charge in [-0.15, -0.1) is 0 Å². The van der Waals surface area contributed by atoms with E-state index in [1.54, 1.807) is 31.4 Å². The van der Waals surface area contributed by atoms with Crippen LogP contribution in [-0.4, -0.2) is 30.0 Å². The van der Waals surface area contributed by atoms with E-state index >= 15 is 0 Å². The SMILES string of the molecule is COc1ccc(NC(C(=O)O)[C@@H]2CC3(CCC2=O)CC3)cc1. The van der Waals surface area contributed by atoms with E-state index in [1.165, 1.54) is 0 Å². The number of nitrogens with one attached hydrogen (secondary N) is 1. The molecule has 0 aromatic heterocycles. The van der Waals surface area contributed by atoms with Gasteiger partial charge in [0.25, 0.3) is 0 Å². The first-order valence-electron chi connectivity index (χ1n) is 7.69. The number of hydrogen-bond acceptors (Lipinski definition) is 4. The van der Waals surface area contributed by atoms with Gasteiger partial charge >= 0.3 is 5.97 Å². The molecule has 22 heavy (non-hydrogen) atoms. The van der Waals surface area contributed by atoms with Crippen LogP contribution in [0.4, 0.5) is 5.69 Å². The lowest BCUT2D eigenvalue weighted by Crippen LogP contribution is -2.44. The number of ketones is 1. The summed E-state index contributed by atoms with van der Waals surface area (Å²) in [6.07, 6.45) is 4.40. The molecule has 0 amide bonds. The fraction of sp³-hybridized carbons (Fsp3) is 0.529. The third kappa shape index (κ3) is 2.93. The molecule has 1 aromatic rings. The Labute approximate surface area is 129 Å².